The molecule has 6 nitrogen and oxygen atoms in total. The van der Waals surface area contributed by atoms with Crippen molar-refractivity contribution in [2.24, 2.45) is 0 Å². The fourth-order valence-electron chi connectivity index (χ4n) is 1.75. The summed E-state index contributed by atoms with van der Waals surface area (Å²) in [6.45, 7) is 2.58. The lowest BCUT2D eigenvalue weighted by molar-refractivity contribution is -0.139. The first-order valence-electron chi connectivity index (χ1n) is 7.49. The van der Waals surface area contributed by atoms with Crippen molar-refractivity contribution in [2.75, 3.05) is 27.2 Å². The molecule has 0 aliphatic carbocycles. The third-order valence-electron chi connectivity index (χ3n) is 3.08. The third kappa shape index (κ3) is 7.26. The van der Waals surface area contributed by atoms with Crippen LogP contribution >= 0.6 is 0 Å². The summed E-state index contributed by atoms with van der Waals surface area (Å²) in [6, 6.07) is 5.59. The molecule has 0 saturated heterocycles. The highest BCUT2D eigenvalue weighted by Gasteiger charge is 2.13. The minimum absolute atomic E-state index is 0.295. The molecule has 2 amide bonds. The fraction of sp³-hybridized carbons (Fsp3) is 0.353. The molecule has 0 bridgehead atoms. The van der Waals surface area contributed by atoms with Crippen molar-refractivity contribution >= 4 is 11.8 Å². The number of carbonyl (C=O) groups excluding carboxylic acids is 2. The normalized spacial score (nSPS) is 11.3. The average molecular weight is 316 g/mol. The lowest BCUT2D eigenvalue weighted by Crippen LogP contribution is -2.42. The standard InChI is InChI=1S/C17H24N4O2/c1-4-5-9-15(21(2)3)13-20-17(23)16(22)19-12-10-14-8-6-7-11-18-14/h4-9,11H,10,12-13H2,1-3H3,(H,19,22)(H,20,23)/b5-4+,15-9-. The van der Waals surface area contributed by atoms with Crippen LogP contribution in [0.2, 0.25) is 0 Å². The van der Waals surface area contributed by atoms with E-state index in [1.54, 1.807) is 6.20 Å². The largest absolute Gasteiger partial charge is 0.380 e. The molecule has 0 aromatic carbocycles. The number of rotatable bonds is 7. The molecule has 1 aromatic rings. The van der Waals surface area contributed by atoms with E-state index in [2.05, 4.69) is 15.6 Å². The van der Waals surface area contributed by atoms with E-state index in [1.165, 1.54) is 0 Å². The van der Waals surface area contributed by atoms with Crippen LogP contribution in [0, 0.1) is 0 Å². The zero-order valence-electron chi connectivity index (χ0n) is 13.9. The molecule has 1 heterocycles. The first kappa shape index (κ1) is 18.4. The summed E-state index contributed by atoms with van der Waals surface area (Å²) in [4.78, 5) is 29.6. The third-order valence-corrected chi connectivity index (χ3v) is 3.08. The Morgan fingerprint density at radius 2 is 1.96 bits per heavy atom. The molecule has 0 saturated carbocycles. The number of hydrogen-bond acceptors (Lipinski definition) is 4. The van der Waals surface area contributed by atoms with Gasteiger partial charge in [-0.2, -0.15) is 0 Å². The van der Waals surface area contributed by atoms with Crippen molar-refractivity contribution in [3.05, 3.63) is 54.0 Å². The Balaban J connectivity index is 2.37. The first-order valence-corrected chi connectivity index (χ1v) is 7.49. The van der Waals surface area contributed by atoms with Gasteiger partial charge in [0.2, 0.25) is 0 Å². The van der Waals surface area contributed by atoms with E-state index in [1.807, 2.05) is 62.3 Å². The van der Waals surface area contributed by atoms with Crippen LogP contribution in [0.15, 0.2) is 48.3 Å². The molecule has 0 unspecified atom stereocenters. The second-order valence-electron chi connectivity index (χ2n) is 5.09. The zero-order chi connectivity index (χ0) is 17.1. The van der Waals surface area contributed by atoms with Crippen LogP contribution in [0.25, 0.3) is 0 Å². The van der Waals surface area contributed by atoms with Gasteiger partial charge in [-0.1, -0.05) is 18.2 Å². The number of aromatic nitrogens is 1. The molecular formula is C17H24N4O2. The van der Waals surface area contributed by atoms with Gasteiger partial charge in [-0.3, -0.25) is 14.6 Å². The van der Waals surface area contributed by atoms with E-state index in [0.29, 0.717) is 19.5 Å². The van der Waals surface area contributed by atoms with Crippen LogP contribution in [0.3, 0.4) is 0 Å². The maximum atomic E-state index is 11.8. The number of likely N-dealkylation sites (N-methyl/N-ethyl adjacent to an activating group) is 1. The van der Waals surface area contributed by atoms with E-state index in [9.17, 15) is 9.59 Å². The lowest BCUT2D eigenvalue weighted by atomic mass is 10.3. The quantitative estimate of drug-likeness (QED) is 0.578. The maximum Gasteiger partial charge on any atom is 0.309 e. The van der Waals surface area contributed by atoms with Crippen LogP contribution in [0.5, 0.6) is 0 Å². The zero-order valence-corrected chi connectivity index (χ0v) is 13.9. The molecule has 0 atom stereocenters. The van der Waals surface area contributed by atoms with E-state index in [-0.39, 0.29) is 0 Å². The van der Waals surface area contributed by atoms with Crippen molar-refractivity contribution < 1.29 is 9.59 Å². The van der Waals surface area contributed by atoms with Gasteiger partial charge < -0.3 is 15.5 Å². The number of allylic oxidation sites excluding steroid dienone is 3. The highest BCUT2D eigenvalue weighted by atomic mass is 16.2. The Kier molecular flexibility index (Phi) is 8.13. The lowest BCUT2D eigenvalue weighted by Gasteiger charge is -2.17. The number of nitrogens with zero attached hydrogens (tertiary/aromatic N) is 2. The first-order chi connectivity index (χ1) is 11.0. The van der Waals surface area contributed by atoms with Gasteiger partial charge in [0.1, 0.15) is 0 Å². The van der Waals surface area contributed by atoms with Crippen molar-refractivity contribution in [1.29, 1.82) is 0 Å². The number of carbonyl (C=O) groups is 2. The monoisotopic (exact) mass is 316 g/mol. The van der Waals surface area contributed by atoms with Crippen LogP contribution in [0.1, 0.15) is 12.6 Å². The van der Waals surface area contributed by atoms with Crippen LogP contribution in [-0.4, -0.2) is 48.9 Å². The number of nitrogens with one attached hydrogen (secondary N) is 2. The molecule has 0 aliphatic rings. The summed E-state index contributed by atoms with van der Waals surface area (Å²) in [6.07, 6.45) is 7.96. The maximum absolute atomic E-state index is 11.8. The van der Waals surface area contributed by atoms with E-state index >= 15 is 0 Å². The second kappa shape index (κ2) is 10.2. The molecule has 0 aliphatic heterocycles. The molecular weight excluding hydrogens is 292 g/mol. The minimum Gasteiger partial charge on any atom is -0.380 e. The molecule has 0 spiro atoms. The molecule has 0 fully saturated rings. The van der Waals surface area contributed by atoms with Crippen molar-refractivity contribution in [2.45, 2.75) is 13.3 Å². The molecule has 0 radical (unpaired) electrons. The summed E-state index contributed by atoms with van der Waals surface area (Å²) in [5.41, 5.74) is 1.77. The van der Waals surface area contributed by atoms with Crippen LogP contribution in [-0.2, 0) is 16.0 Å². The highest BCUT2D eigenvalue weighted by molar-refractivity contribution is 6.35. The van der Waals surface area contributed by atoms with Crippen LogP contribution in [0.4, 0.5) is 0 Å². The summed E-state index contributed by atoms with van der Waals surface area (Å²) < 4.78 is 0. The van der Waals surface area contributed by atoms with Crippen molar-refractivity contribution in [1.82, 2.24) is 20.5 Å². The molecule has 2 N–H and O–H groups in total. The minimum atomic E-state index is -0.640. The topological polar surface area (TPSA) is 74.3 Å². The van der Waals surface area contributed by atoms with Gasteiger partial charge in [-0.05, 0) is 25.1 Å². The van der Waals surface area contributed by atoms with Gasteiger partial charge >= 0.3 is 11.8 Å². The number of pyridine rings is 1. The van der Waals surface area contributed by atoms with Gasteiger partial charge in [0, 0.05) is 44.6 Å². The smallest absolute Gasteiger partial charge is 0.309 e. The highest BCUT2D eigenvalue weighted by Crippen LogP contribution is 1.97. The van der Waals surface area contributed by atoms with Gasteiger partial charge in [0.15, 0.2) is 0 Å². The Morgan fingerprint density at radius 1 is 1.22 bits per heavy atom. The van der Waals surface area contributed by atoms with Crippen molar-refractivity contribution in [3.8, 4) is 0 Å². The predicted octanol–water partition coefficient (Wildman–Crippen LogP) is 0.878. The molecule has 124 valence electrons. The number of amides is 2. The Morgan fingerprint density at radius 3 is 2.57 bits per heavy atom. The molecule has 1 rings (SSSR count). The second-order valence-corrected chi connectivity index (χ2v) is 5.09. The Labute approximate surface area is 137 Å². The summed E-state index contributed by atoms with van der Waals surface area (Å²) in [5.74, 6) is -1.27. The molecule has 6 heteroatoms. The van der Waals surface area contributed by atoms with Gasteiger partial charge in [-0.25, -0.2) is 0 Å². The average Bonchev–Trinajstić information content (AvgIpc) is 2.55. The fourth-order valence-corrected chi connectivity index (χ4v) is 1.75. The van der Waals surface area contributed by atoms with Gasteiger partial charge in [-0.15, -0.1) is 0 Å². The molecule has 23 heavy (non-hydrogen) atoms. The van der Waals surface area contributed by atoms with E-state index in [0.717, 1.165) is 11.4 Å². The molecule has 1 aromatic heterocycles. The SMILES string of the molecule is C/C=C/C=C(/CNC(=O)C(=O)NCCc1ccccn1)N(C)C. The van der Waals surface area contributed by atoms with E-state index < -0.39 is 11.8 Å². The van der Waals surface area contributed by atoms with Crippen molar-refractivity contribution in [3.63, 3.8) is 0 Å². The summed E-state index contributed by atoms with van der Waals surface area (Å²) >= 11 is 0. The van der Waals surface area contributed by atoms with Gasteiger partial charge in [0.05, 0.1) is 6.54 Å². The van der Waals surface area contributed by atoms with Crippen LogP contribution < -0.4 is 10.6 Å². The van der Waals surface area contributed by atoms with E-state index in [4.69, 9.17) is 0 Å². The summed E-state index contributed by atoms with van der Waals surface area (Å²) in [5, 5.41) is 5.20. The number of hydrogen-bond donors (Lipinski definition) is 2. The van der Waals surface area contributed by atoms with Gasteiger partial charge in [0.25, 0.3) is 0 Å². The summed E-state index contributed by atoms with van der Waals surface area (Å²) in [7, 11) is 3.77. The predicted molar refractivity (Wildman–Crippen MR) is 90.5 cm³/mol. The Bertz CT molecular complexity index is 565. The Hall–Kier alpha value is -2.63.